The molecular formula is C20H23N5O. The molecule has 0 radical (unpaired) electrons. The summed E-state index contributed by atoms with van der Waals surface area (Å²) in [5, 5.41) is 4.78. The fraction of sp³-hybridized carbons (Fsp3) is 0.450. The van der Waals surface area contributed by atoms with Gasteiger partial charge in [-0.05, 0) is 18.4 Å². The Morgan fingerprint density at radius 2 is 1.88 bits per heavy atom. The van der Waals surface area contributed by atoms with Gasteiger partial charge in [-0.25, -0.2) is 4.99 Å². The Hall–Kier alpha value is -2.63. The summed E-state index contributed by atoms with van der Waals surface area (Å²) in [6.45, 7) is 0. The topological polar surface area (TPSA) is 53.7 Å². The molecule has 3 aliphatic rings. The first-order valence-electron chi connectivity index (χ1n) is 9.40. The largest absolute Gasteiger partial charge is 0.289 e. The van der Waals surface area contributed by atoms with E-state index < -0.39 is 0 Å². The van der Waals surface area contributed by atoms with Gasteiger partial charge in [0.2, 0.25) is 5.96 Å². The van der Waals surface area contributed by atoms with E-state index in [2.05, 4.69) is 17.0 Å². The standard InChI is InChI=1S/C20H23N5O/c1-23-19(26)17-16(12-13-8-4-3-5-9-13)24(2)22-18(17)25-15-11-7-6-10-14(15)21-20(23)25/h3-5,8-9,14-15H,6-7,10-12H2,1-2H3/t14-,15+/m1/s1. The molecule has 0 unspecified atom stereocenters. The van der Waals surface area contributed by atoms with Gasteiger partial charge in [0.05, 0.1) is 17.8 Å². The van der Waals surface area contributed by atoms with Crippen LogP contribution in [0.1, 0.15) is 47.3 Å². The number of hydrogen-bond acceptors (Lipinski definition) is 4. The molecule has 6 heteroatoms. The number of nitrogens with zero attached hydrogens (tertiary/aromatic N) is 5. The minimum atomic E-state index is 0.00711. The number of aromatic nitrogens is 2. The van der Waals surface area contributed by atoms with Crippen LogP contribution in [0.2, 0.25) is 0 Å². The summed E-state index contributed by atoms with van der Waals surface area (Å²) in [6, 6.07) is 10.9. The van der Waals surface area contributed by atoms with Gasteiger partial charge in [-0.1, -0.05) is 43.2 Å². The molecule has 1 amide bonds. The first kappa shape index (κ1) is 15.6. The van der Waals surface area contributed by atoms with Crippen molar-refractivity contribution in [3.8, 4) is 0 Å². The van der Waals surface area contributed by atoms with Crippen molar-refractivity contribution < 1.29 is 4.79 Å². The minimum Gasteiger partial charge on any atom is -0.289 e. The smallest absolute Gasteiger partial charge is 0.266 e. The van der Waals surface area contributed by atoms with Gasteiger partial charge >= 0.3 is 0 Å². The fourth-order valence-corrected chi connectivity index (χ4v) is 4.58. The molecule has 1 fully saturated rings. The summed E-state index contributed by atoms with van der Waals surface area (Å²) in [7, 11) is 3.78. The van der Waals surface area contributed by atoms with Crippen molar-refractivity contribution in [2.45, 2.75) is 44.2 Å². The van der Waals surface area contributed by atoms with Crippen molar-refractivity contribution in [1.82, 2.24) is 14.7 Å². The normalized spacial score (nSPS) is 24.2. The number of amides is 1. The Labute approximate surface area is 153 Å². The van der Waals surface area contributed by atoms with Crippen LogP contribution >= 0.6 is 0 Å². The molecule has 0 bridgehead atoms. The van der Waals surface area contributed by atoms with E-state index in [0.29, 0.717) is 18.5 Å². The van der Waals surface area contributed by atoms with Crippen LogP contribution in [0.15, 0.2) is 35.3 Å². The predicted molar refractivity (Wildman–Crippen MR) is 101 cm³/mol. The number of rotatable bonds is 2. The first-order chi connectivity index (χ1) is 12.6. The molecular weight excluding hydrogens is 326 g/mol. The first-order valence-corrected chi connectivity index (χ1v) is 9.40. The number of guanidine groups is 1. The van der Waals surface area contributed by atoms with Gasteiger partial charge in [0.25, 0.3) is 5.91 Å². The van der Waals surface area contributed by atoms with Gasteiger partial charge in [0.15, 0.2) is 5.82 Å². The zero-order valence-electron chi connectivity index (χ0n) is 15.2. The van der Waals surface area contributed by atoms with Crippen LogP contribution in [0.4, 0.5) is 5.82 Å². The van der Waals surface area contributed by atoms with Crippen LogP contribution in [0.3, 0.4) is 0 Å². The number of hydrogen-bond donors (Lipinski definition) is 0. The van der Waals surface area contributed by atoms with Crippen LogP contribution in [-0.2, 0) is 13.5 Å². The lowest BCUT2D eigenvalue weighted by atomic mass is 9.90. The van der Waals surface area contributed by atoms with Crippen molar-refractivity contribution >= 4 is 17.7 Å². The molecule has 0 N–H and O–H groups in total. The van der Waals surface area contributed by atoms with E-state index in [-0.39, 0.29) is 5.91 Å². The third-order valence-electron chi connectivity index (χ3n) is 5.93. The van der Waals surface area contributed by atoms with Crippen molar-refractivity contribution in [3.05, 3.63) is 47.2 Å². The Kier molecular flexibility index (Phi) is 3.42. The van der Waals surface area contributed by atoms with Gasteiger partial charge in [0, 0.05) is 20.5 Å². The molecule has 2 atom stereocenters. The zero-order valence-corrected chi connectivity index (χ0v) is 15.2. The molecule has 26 heavy (non-hydrogen) atoms. The van der Waals surface area contributed by atoms with E-state index in [1.807, 2.05) is 37.0 Å². The van der Waals surface area contributed by atoms with Gasteiger partial charge < -0.3 is 0 Å². The fourth-order valence-electron chi connectivity index (χ4n) is 4.58. The summed E-state index contributed by atoms with van der Waals surface area (Å²) in [5.74, 6) is 1.59. The Morgan fingerprint density at radius 1 is 1.12 bits per heavy atom. The number of benzene rings is 1. The molecule has 2 aliphatic heterocycles. The molecule has 1 aliphatic carbocycles. The van der Waals surface area contributed by atoms with E-state index in [4.69, 9.17) is 10.1 Å². The minimum absolute atomic E-state index is 0.00711. The van der Waals surface area contributed by atoms with Crippen LogP contribution in [0, 0.1) is 0 Å². The number of fused-ring (bicyclic) bond motifs is 5. The van der Waals surface area contributed by atoms with Crippen LogP contribution < -0.4 is 4.90 Å². The molecule has 2 aromatic rings. The average Bonchev–Trinajstić information content (AvgIpc) is 3.19. The third kappa shape index (κ3) is 2.14. The highest BCUT2D eigenvalue weighted by molar-refractivity contribution is 6.19. The monoisotopic (exact) mass is 349 g/mol. The van der Waals surface area contributed by atoms with Crippen LogP contribution in [0.5, 0.6) is 0 Å². The second-order valence-electron chi connectivity index (χ2n) is 7.51. The lowest BCUT2D eigenvalue weighted by Gasteiger charge is -2.36. The van der Waals surface area contributed by atoms with Gasteiger partial charge in [-0.2, -0.15) is 5.10 Å². The number of carbonyl (C=O) groups is 1. The van der Waals surface area contributed by atoms with Crippen molar-refractivity contribution in [2.24, 2.45) is 12.0 Å². The summed E-state index contributed by atoms with van der Waals surface area (Å²) < 4.78 is 1.88. The highest BCUT2D eigenvalue weighted by atomic mass is 16.2. The van der Waals surface area contributed by atoms with E-state index in [1.165, 1.54) is 18.4 Å². The quantitative estimate of drug-likeness (QED) is 0.837. The van der Waals surface area contributed by atoms with Crippen molar-refractivity contribution in [3.63, 3.8) is 0 Å². The maximum Gasteiger partial charge on any atom is 0.266 e. The zero-order chi connectivity index (χ0) is 17.8. The van der Waals surface area contributed by atoms with Crippen LogP contribution in [0.25, 0.3) is 0 Å². The van der Waals surface area contributed by atoms with Gasteiger partial charge in [-0.15, -0.1) is 0 Å². The third-order valence-corrected chi connectivity index (χ3v) is 5.93. The van der Waals surface area contributed by atoms with E-state index in [1.54, 1.807) is 4.90 Å². The summed E-state index contributed by atoms with van der Waals surface area (Å²) in [4.78, 5) is 22.0. The van der Waals surface area contributed by atoms with Crippen LogP contribution in [-0.4, -0.2) is 45.7 Å². The Balaban J connectivity index is 1.62. The van der Waals surface area contributed by atoms with Crippen molar-refractivity contribution in [2.75, 3.05) is 11.9 Å². The van der Waals surface area contributed by atoms with E-state index in [0.717, 1.165) is 35.9 Å². The lowest BCUT2D eigenvalue weighted by molar-refractivity contribution is 0.0864. The Morgan fingerprint density at radius 3 is 2.69 bits per heavy atom. The highest BCUT2D eigenvalue weighted by Crippen LogP contribution is 2.40. The molecule has 1 saturated carbocycles. The number of aliphatic imine (C=N–C) groups is 1. The number of anilines is 1. The van der Waals surface area contributed by atoms with E-state index in [9.17, 15) is 4.79 Å². The molecule has 1 aromatic carbocycles. The maximum absolute atomic E-state index is 13.2. The van der Waals surface area contributed by atoms with Gasteiger partial charge in [-0.3, -0.25) is 19.3 Å². The molecule has 134 valence electrons. The SMILES string of the molecule is CN1C(=O)c2c(nn(C)c2Cc2ccccc2)N2C1=N[C@@H]1CCCC[C@@H]12. The second-order valence-corrected chi connectivity index (χ2v) is 7.51. The summed E-state index contributed by atoms with van der Waals surface area (Å²) >= 11 is 0. The van der Waals surface area contributed by atoms with Gasteiger partial charge in [0.1, 0.15) is 5.56 Å². The molecule has 1 aromatic heterocycles. The average molecular weight is 349 g/mol. The molecule has 5 rings (SSSR count). The molecule has 0 saturated heterocycles. The number of aryl methyl sites for hydroxylation is 1. The predicted octanol–water partition coefficient (Wildman–Crippen LogP) is 2.58. The maximum atomic E-state index is 13.2. The highest BCUT2D eigenvalue weighted by Gasteiger charge is 2.47. The molecule has 6 nitrogen and oxygen atoms in total. The second kappa shape index (κ2) is 5.69. The van der Waals surface area contributed by atoms with E-state index >= 15 is 0 Å². The summed E-state index contributed by atoms with van der Waals surface area (Å²) in [5.41, 5.74) is 2.90. The number of carbonyl (C=O) groups excluding carboxylic acids is 1. The molecule has 3 heterocycles. The van der Waals surface area contributed by atoms with Crippen molar-refractivity contribution in [1.29, 1.82) is 0 Å². The lowest BCUT2D eigenvalue weighted by Crippen LogP contribution is -2.52. The Bertz CT molecular complexity index is 900. The molecule has 0 spiro atoms. The summed E-state index contributed by atoms with van der Waals surface area (Å²) in [6.07, 6.45) is 5.36.